The topological polar surface area (TPSA) is 66.6 Å². The standard InChI is InChI=1S/C13H18N2O2/c14-12(10-4-2-1-3-5-10)8-13(17)15-7-6-11(16)9-15/h1-5,11-12,16H,6-9,14H2/t11-,12?/m0/s1. The first-order chi connectivity index (χ1) is 8.16. The van der Waals surface area contributed by atoms with Crippen LogP contribution in [0.1, 0.15) is 24.4 Å². The maximum Gasteiger partial charge on any atom is 0.224 e. The molecule has 3 N–H and O–H groups in total. The number of aliphatic hydroxyl groups excluding tert-OH is 1. The molecule has 1 saturated heterocycles. The van der Waals surface area contributed by atoms with Gasteiger partial charge in [-0.1, -0.05) is 30.3 Å². The van der Waals surface area contributed by atoms with Crippen LogP contribution in [-0.4, -0.2) is 35.1 Å². The highest BCUT2D eigenvalue weighted by Gasteiger charge is 2.25. The van der Waals surface area contributed by atoms with Crippen LogP contribution in [-0.2, 0) is 4.79 Å². The van der Waals surface area contributed by atoms with Gasteiger partial charge in [-0.05, 0) is 12.0 Å². The molecule has 1 aliphatic rings. The van der Waals surface area contributed by atoms with Gasteiger partial charge in [-0.15, -0.1) is 0 Å². The van der Waals surface area contributed by atoms with Crippen molar-refractivity contribution >= 4 is 5.91 Å². The molecule has 1 unspecified atom stereocenters. The summed E-state index contributed by atoms with van der Waals surface area (Å²) in [6.45, 7) is 1.09. The lowest BCUT2D eigenvalue weighted by Gasteiger charge is -2.18. The smallest absolute Gasteiger partial charge is 0.224 e. The SMILES string of the molecule is NC(CC(=O)N1CC[C@H](O)C1)c1ccccc1. The Morgan fingerprint density at radius 2 is 2.18 bits per heavy atom. The molecule has 1 amide bonds. The van der Waals surface area contributed by atoms with E-state index in [-0.39, 0.29) is 18.1 Å². The molecular weight excluding hydrogens is 216 g/mol. The van der Waals surface area contributed by atoms with Crippen LogP contribution in [0.25, 0.3) is 0 Å². The summed E-state index contributed by atoms with van der Waals surface area (Å²) in [4.78, 5) is 13.6. The quantitative estimate of drug-likeness (QED) is 0.807. The average Bonchev–Trinajstić information content (AvgIpc) is 2.77. The molecule has 4 nitrogen and oxygen atoms in total. The van der Waals surface area contributed by atoms with Crippen LogP contribution in [0.5, 0.6) is 0 Å². The summed E-state index contributed by atoms with van der Waals surface area (Å²) < 4.78 is 0. The monoisotopic (exact) mass is 234 g/mol. The second kappa shape index (κ2) is 5.29. The van der Waals surface area contributed by atoms with Crippen molar-refractivity contribution in [3.63, 3.8) is 0 Å². The maximum absolute atomic E-state index is 11.9. The third kappa shape index (κ3) is 3.05. The Balaban J connectivity index is 1.91. The van der Waals surface area contributed by atoms with Crippen molar-refractivity contribution in [2.75, 3.05) is 13.1 Å². The third-order valence-corrected chi connectivity index (χ3v) is 3.14. The highest BCUT2D eigenvalue weighted by molar-refractivity contribution is 5.77. The molecule has 1 aromatic carbocycles. The van der Waals surface area contributed by atoms with E-state index in [1.807, 2.05) is 30.3 Å². The summed E-state index contributed by atoms with van der Waals surface area (Å²) in [6.07, 6.45) is 0.607. The van der Waals surface area contributed by atoms with Crippen LogP contribution in [0, 0.1) is 0 Å². The number of rotatable bonds is 3. The third-order valence-electron chi connectivity index (χ3n) is 3.14. The zero-order valence-corrected chi connectivity index (χ0v) is 9.75. The first kappa shape index (κ1) is 12.1. The molecule has 17 heavy (non-hydrogen) atoms. The lowest BCUT2D eigenvalue weighted by molar-refractivity contribution is -0.130. The zero-order valence-electron chi connectivity index (χ0n) is 9.75. The Labute approximate surface area is 101 Å². The molecule has 2 rings (SSSR count). The summed E-state index contributed by atoms with van der Waals surface area (Å²) in [5.74, 6) is 0.0258. The van der Waals surface area contributed by atoms with Gasteiger partial charge in [0.2, 0.25) is 5.91 Å². The van der Waals surface area contributed by atoms with E-state index in [0.29, 0.717) is 25.9 Å². The van der Waals surface area contributed by atoms with Crippen molar-refractivity contribution < 1.29 is 9.90 Å². The number of benzene rings is 1. The molecule has 0 aliphatic carbocycles. The van der Waals surface area contributed by atoms with Crippen molar-refractivity contribution in [2.45, 2.75) is 25.0 Å². The van der Waals surface area contributed by atoms with E-state index in [1.54, 1.807) is 4.90 Å². The molecule has 1 aromatic rings. The summed E-state index contributed by atoms with van der Waals surface area (Å²) in [6, 6.07) is 9.35. The molecule has 0 aromatic heterocycles. The molecule has 1 aliphatic heterocycles. The Morgan fingerprint density at radius 1 is 1.47 bits per heavy atom. The van der Waals surface area contributed by atoms with Gasteiger partial charge in [0.25, 0.3) is 0 Å². The molecule has 1 fully saturated rings. The molecule has 0 radical (unpaired) electrons. The van der Waals surface area contributed by atoms with E-state index in [0.717, 1.165) is 5.56 Å². The lowest BCUT2D eigenvalue weighted by Crippen LogP contribution is -2.32. The van der Waals surface area contributed by atoms with Gasteiger partial charge in [-0.25, -0.2) is 0 Å². The van der Waals surface area contributed by atoms with Crippen LogP contribution in [0.3, 0.4) is 0 Å². The summed E-state index contributed by atoms with van der Waals surface area (Å²) in [5, 5.41) is 9.37. The van der Waals surface area contributed by atoms with Crippen LogP contribution in [0.4, 0.5) is 0 Å². The van der Waals surface area contributed by atoms with E-state index < -0.39 is 0 Å². The minimum absolute atomic E-state index is 0.0258. The van der Waals surface area contributed by atoms with Gasteiger partial charge in [0.1, 0.15) is 0 Å². The first-order valence-corrected chi connectivity index (χ1v) is 5.93. The number of nitrogens with zero attached hydrogens (tertiary/aromatic N) is 1. The van der Waals surface area contributed by atoms with Crippen molar-refractivity contribution in [1.82, 2.24) is 4.90 Å². The van der Waals surface area contributed by atoms with Gasteiger partial charge >= 0.3 is 0 Å². The molecule has 4 heteroatoms. The van der Waals surface area contributed by atoms with Crippen LogP contribution in [0.15, 0.2) is 30.3 Å². The number of nitrogens with two attached hydrogens (primary N) is 1. The first-order valence-electron chi connectivity index (χ1n) is 5.93. The van der Waals surface area contributed by atoms with E-state index in [9.17, 15) is 9.90 Å². The normalized spacial score (nSPS) is 21.5. The molecule has 2 atom stereocenters. The van der Waals surface area contributed by atoms with Gasteiger partial charge in [0.15, 0.2) is 0 Å². The van der Waals surface area contributed by atoms with Crippen molar-refractivity contribution in [1.29, 1.82) is 0 Å². The predicted octanol–water partition coefficient (Wildman–Crippen LogP) is 0.670. The summed E-state index contributed by atoms with van der Waals surface area (Å²) in [7, 11) is 0. The van der Waals surface area contributed by atoms with Gasteiger partial charge in [-0.3, -0.25) is 4.79 Å². The van der Waals surface area contributed by atoms with Gasteiger partial charge < -0.3 is 15.7 Å². The fraction of sp³-hybridized carbons (Fsp3) is 0.462. The number of amides is 1. The maximum atomic E-state index is 11.9. The molecule has 0 saturated carbocycles. The van der Waals surface area contributed by atoms with E-state index in [4.69, 9.17) is 5.73 Å². The summed E-state index contributed by atoms with van der Waals surface area (Å²) >= 11 is 0. The second-order valence-electron chi connectivity index (χ2n) is 4.50. The van der Waals surface area contributed by atoms with Gasteiger partial charge in [-0.2, -0.15) is 0 Å². The number of carbonyl (C=O) groups is 1. The van der Waals surface area contributed by atoms with E-state index in [1.165, 1.54) is 0 Å². The van der Waals surface area contributed by atoms with Gasteiger partial charge in [0.05, 0.1) is 6.10 Å². The number of hydrogen-bond acceptors (Lipinski definition) is 3. The van der Waals surface area contributed by atoms with Crippen molar-refractivity contribution in [3.05, 3.63) is 35.9 Å². The Bertz CT molecular complexity index is 380. The fourth-order valence-electron chi connectivity index (χ4n) is 2.10. The fourth-order valence-corrected chi connectivity index (χ4v) is 2.10. The van der Waals surface area contributed by atoms with Crippen molar-refractivity contribution in [2.24, 2.45) is 5.73 Å². The van der Waals surface area contributed by atoms with Crippen LogP contribution in [0.2, 0.25) is 0 Å². The van der Waals surface area contributed by atoms with Gasteiger partial charge in [0, 0.05) is 25.6 Å². The number of carbonyl (C=O) groups excluding carboxylic acids is 1. The molecule has 92 valence electrons. The molecule has 0 spiro atoms. The van der Waals surface area contributed by atoms with Crippen molar-refractivity contribution in [3.8, 4) is 0 Å². The minimum Gasteiger partial charge on any atom is -0.391 e. The number of likely N-dealkylation sites (tertiary alicyclic amines) is 1. The molecular formula is C13H18N2O2. The zero-order chi connectivity index (χ0) is 12.3. The summed E-state index contributed by atoms with van der Waals surface area (Å²) in [5.41, 5.74) is 6.96. The minimum atomic E-state index is -0.369. The highest BCUT2D eigenvalue weighted by atomic mass is 16.3. The average molecular weight is 234 g/mol. The van der Waals surface area contributed by atoms with E-state index >= 15 is 0 Å². The van der Waals surface area contributed by atoms with E-state index in [2.05, 4.69) is 0 Å². The Kier molecular flexibility index (Phi) is 3.76. The molecule has 1 heterocycles. The number of aliphatic hydroxyl groups is 1. The highest BCUT2D eigenvalue weighted by Crippen LogP contribution is 2.17. The number of hydrogen-bond donors (Lipinski definition) is 2. The number of β-amino-alcohol motifs (C(OH)–C–C–N with tert-alkyl or cyclic N) is 1. The van der Waals surface area contributed by atoms with Crippen LogP contribution < -0.4 is 5.73 Å². The van der Waals surface area contributed by atoms with Crippen LogP contribution >= 0.6 is 0 Å². The Morgan fingerprint density at radius 3 is 2.76 bits per heavy atom. The molecule has 0 bridgehead atoms. The predicted molar refractivity (Wildman–Crippen MR) is 65.2 cm³/mol. The lowest BCUT2D eigenvalue weighted by atomic mass is 10.0. The Hall–Kier alpha value is -1.39. The largest absolute Gasteiger partial charge is 0.391 e. The second-order valence-corrected chi connectivity index (χ2v) is 4.50.